The number of esters is 3. The highest BCUT2D eigenvalue weighted by molar-refractivity contribution is 5.71. The Morgan fingerprint density at radius 2 is 0.738 bits per heavy atom. The molecule has 0 aliphatic heterocycles. The van der Waals surface area contributed by atoms with Crippen molar-refractivity contribution in [2.24, 2.45) is 0 Å². The van der Waals surface area contributed by atoms with Gasteiger partial charge in [-0.1, -0.05) is 193 Å². The lowest BCUT2D eigenvalue weighted by atomic mass is 10.1. The fourth-order valence-electron chi connectivity index (χ4n) is 5.71. The number of allylic oxidation sites excluding steroid dienone is 22. The average molecular weight is 841 g/mol. The van der Waals surface area contributed by atoms with Crippen LogP contribution in [0.5, 0.6) is 0 Å². The summed E-state index contributed by atoms with van der Waals surface area (Å²) >= 11 is 0. The van der Waals surface area contributed by atoms with E-state index in [4.69, 9.17) is 14.2 Å². The third kappa shape index (κ3) is 46.5. The van der Waals surface area contributed by atoms with Gasteiger partial charge in [0, 0.05) is 19.3 Å². The summed E-state index contributed by atoms with van der Waals surface area (Å²) in [7, 11) is 0. The van der Waals surface area contributed by atoms with Gasteiger partial charge in [-0.2, -0.15) is 0 Å². The Morgan fingerprint density at radius 3 is 1.26 bits per heavy atom. The molecule has 340 valence electrons. The van der Waals surface area contributed by atoms with Gasteiger partial charge in [0.15, 0.2) is 6.10 Å². The van der Waals surface area contributed by atoms with E-state index < -0.39 is 12.1 Å². The first-order valence-corrected chi connectivity index (χ1v) is 23.8. The highest BCUT2D eigenvalue weighted by Gasteiger charge is 2.19. The van der Waals surface area contributed by atoms with Crippen LogP contribution in [0.3, 0.4) is 0 Å². The first-order valence-electron chi connectivity index (χ1n) is 23.8. The zero-order valence-corrected chi connectivity index (χ0v) is 38.6. The van der Waals surface area contributed by atoms with Crippen LogP contribution in [0.25, 0.3) is 0 Å². The Hall–Kier alpha value is -4.45. The summed E-state index contributed by atoms with van der Waals surface area (Å²) < 4.78 is 16.6. The first-order chi connectivity index (χ1) is 30.0. The van der Waals surface area contributed by atoms with E-state index >= 15 is 0 Å². The van der Waals surface area contributed by atoms with E-state index in [0.29, 0.717) is 19.3 Å². The largest absolute Gasteiger partial charge is 0.462 e. The molecule has 1 unspecified atom stereocenters. The van der Waals surface area contributed by atoms with Crippen molar-refractivity contribution in [3.63, 3.8) is 0 Å². The Labute approximate surface area is 373 Å². The van der Waals surface area contributed by atoms with Gasteiger partial charge in [-0.05, 0) is 96.3 Å². The zero-order chi connectivity index (χ0) is 44.4. The number of carbonyl (C=O) groups excluding carboxylic acids is 3. The molecule has 0 amide bonds. The van der Waals surface area contributed by atoms with E-state index in [-0.39, 0.29) is 31.6 Å². The first kappa shape index (κ1) is 56.5. The Bertz CT molecular complexity index is 1380. The lowest BCUT2D eigenvalue weighted by Crippen LogP contribution is -2.30. The molecular weight excluding hydrogens is 757 g/mol. The Morgan fingerprint density at radius 1 is 0.361 bits per heavy atom. The monoisotopic (exact) mass is 841 g/mol. The van der Waals surface area contributed by atoms with Crippen molar-refractivity contribution in [2.45, 2.75) is 181 Å². The van der Waals surface area contributed by atoms with Crippen molar-refractivity contribution < 1.29 is 28.6 Å². The molecule has 0 N–H and O–H groups in total. The number of ether oxygens (including phenoxy) is 3. The maximum absolute atomic E-state index is 12.7. The maximum Gasteiger partial charge on any atom is 0.306 e. The van der Waals surface area contributed by atoms with Crippen molar-refractivity contribution >= 4 is 17.9 Å². The van der Waals surface area contributed by atoms with E-state index in [1.165, 1.54) is 25.7 Å². The van der Waals surface area contributed by atoms with Gasteiger partial charge in [-0.3, -0.25) is 14.4 Å². The minimum Gasteiger partial charge on any atom is -0.462 e. The van der Waals surface area contributed by atoms with Crippen molar-refractivity contribution in [2.75, 3.05) is 13.2 Å². The van der Waals surface area contributed by atoms with Crippen molar-refractivity contribution in [3.8, 4) is 0 Å². The topological polar surface area (TPSA) is 78.9 Å². The molecule has 0 heterocycles. The van der Waals surface area contributed by atoms with Crippen LogP contribution in [0, 0.1) is 0 Å². The Balaban J connectivity index is 4.56. The lowest BCUT2D eigenvalue weighted by molar-refractivity contribution is -0.167. The third-order valence-electron chi connectivity index (χ3n) is 9.25. The van der Waals surface area contributed by atoms with E-state index in [1.807, 2.05) is 54.7 Å². The van der Waals surface area contributed by atoms with Gasteiger partial charge in [0.25, 0.3) is 0 Å². The molecule has 0 saturated heterocycles. The second-order valence-electron chi connectivity index (χ2n) is 15.0. The molecule has 0 radical (unpaired) electrons. The van der Waals surface area contributed by atoms with Crippen LogP contribution in [-0.2, 0) is 28.6 Å². The average Bonchev–Trinajstić information content (AvgIpc) is 3.26. The van der Waals surface area contributed by atoms with E-state index in [0.717, 1.165) is 103 Å². The molecule has 0 spiro atoms. The van der Waals surface area contributed by atoms with Gasteiger partial charge in [-0.15, -0.1) is 0 Å². The summed E-state index contributed by atoms with van der Waals surface area (Å²) in [5.41, 5.74) is 0. The third-order valence-corrected chi connectivity index (χ3v) is 9.25. The second-order valence-corrected chi connectivity index (χ2v) is 15.0. The van der Waals surface area contributed by atoms with Crippen LogP contribution in [0.4, 0.5) is 0 Å². The fraction of sp³-hybridized carbons (Fsp3) is 0.545. The molecule has 0 aromatic rings. The van der Waals surface area contributed by atoms with E-state index in [2.05, 4.69) is 99.8 Å². The van der Waals surface area contributed by atoms with Crippen LogP contribution < -0.4 is 0 Å². The molecule has 0 aliphatic rings. The van der Waals surface area contributed by atoms with Crippen LogP contribution in [0.2, 0.25) is 0 Å². The summed E-state index contributed by atoms with van der Waals surface area (Å²) in [5, 5.41) is 0. The van der Waals surface area contributed by atoms with Gasteiger partial charge < -0.3 is 14.2 Å². The highest BCUT2D eigenvalue weighted by atomic mass is 16.6. The molecule has 0 aliphatic carbocycles. The van der Waals surface area contributed by atoms with Gasteiger partial charge in [0.1, 0.15) is 13.2 Å². The molecule has 0 rings (SSSR count). The minimum absolute atomic E-state index is 0.127. The normalized spacial score (nSPS) is 13.3. The van der Waals surface area contributed by atoms with Crippen molar-refractivity contribution in [1.82, 2.24) is 0 Å². The molecule has 61 heavy (non-hydrogen) atoms. The van der Waals surface area contributed by atoms with Crippen LogP contribution in [0.1, 0.15) is 175 Å². The lowest BCUT2D eigenvalue weighted by Gasteiger charge is -2.18. The summed E-state index contributed by atoms with van der Waals surface area (Å²) in [6.45, 7) is 6.20. The fourth-order valence-corrected chi connectivity index (χ4v) is 5.71. The number of hydrogen-bond acceptors (Lipinski definition) is 6. The van der Waals surface area contributed by atoms with Crippen molar-refractivity contribution in [1.29, 1.82) is 0 Å². The molecule has 1 atom stereocenters. The molecular formula is C55H84O6. The molecule has 0 saturated carbocycles. The molecule has 0 bridgehead atoms. The summed E-state index contributed by atoms with van der Waals surface area (Å²) in [6.07, 6.45) is 67.3. The van der Waals surface area contributed by atoms with E-state index in [9.17, 15) is 14.4 Å². The second kappa shape index (κ2) is 48.2. The molecule has 0 fully saturated rings. The van der Waals surface area contributed by atoms with Crippen LogP contribution in [0.15, 0.2) is 134 Å². The predicted molar refractivity (Wildman–Crippen MR) is 260 cm³/mol. The number of rotatable bonds is 40. The number of carbonyl (C=O) groups is 3. The summed E-state index contributed by atoms with van der Waals surface area (Å²) in [4.78, 5) is 37.8. The quantitative estimate of drug-likeness (QED) is 0.0201. The predicted octanol–water partition coefficient (Wildman–Crippen LogP) is 15.5. The molecule has 0 aromatic heterocycles. The summed E-state index contributed by atoms with van der Waals surface area (Å²) in [6, 6.07) is 0. The smallest absolute Gasteiger partial charge is 0.306 e. The van der Waals surface area contributed by atoms with Gasteiger partial charge in [-0.25, -0.2) is 0 Å². The molecule has 6 heteroatoms. The molecule has 6 nitrogen and oxygen atoms in total. The SMILES string of the molecule is CC\C=C/C=C\C=C/C=C\C=C/CCCC(=O)OC(COC(=O)CCCCC/C=C\C/C=C\C/C=C\C/C=C\C/C=C\CC)COC(=O)CCCCCCC/C=C\CCCC. The maximum atomic E-state index is 12.7. The summed E-state index contributed by atoms with van der Waals surface area (Å²) in [5.74, 6) is -1.06. The highest BCUT2D eigenvalue weighted by Crippen LogP contribution is 2.11. The van der Waals surface area contributed by atoms with E-state index in [1.54, 1.807) is 0 Å². The van der Waals surface area contributed by atoms with Gasteiger partial charge in [0.05, 0.1) is 0 Å². The number of unbranched alkanes of at least 4 members (excludes halogenated alkanes) is 11. The Kier molecular flexibility index (Phi) is 44.7. The minimum atomic E-state index is -0.835. The van der Waals surface area contributed by atoms with Crippen molar-refractivity contribution in [3.05, 3.63) is 134 Å². The van der Waals surface area contributed by atoms with Gasteiger partial charge in [0.2, 0.25) is 0 Å². The number of hydrogen-bond donors (Lipinski definition) is 0. The van der Waals surface area contributed by atoms with Crippen LogP contribution in [-0.4, -0.2) is 37.2 Å². The molecule has 0 aromatic carbocycles. The van der Waals surface area contributed by atoms with Gasteiger partial charge >= 0.3 is 17.9 Å². The van der Waals surface area contributed by atoms with Crippen LogP contribution >= 0.6 is 0 Å². The zero-order valence-electron chi connectivity index (χ0n) is 38.6. The standard InChI is InChI=1S/C55H84O6/c1-4-7-10-13-16-19-22-24-25-26-27-28-29-31-33-36-39-42-45-48-54(57)60-51-52(50-59-53(56)47-44-41-38-35-32-21-18-15-12-9-6-3)61-55(58)49-46-43-40-37-34-30-23-20-17-14-11-8-5-2/h7-8,10-11,14-20,23-25,27-28,30-31,33-34,37,40,52H,4-6,9,12-13,21-22,26,29,32,35-36,38-39,41-51H2,1-3H3/b10-7-,11-8-,17-14-,18-15-,19-16-,23-20-,25-24-,28-27-,33-31-,34-30-,40-37-.